The number of hydrogen-bond acceptors (Lipinski definition) is 3. The third-order valence-corrected chi connectivity index (χ3v) is 4.02. The SMILES string of the molecule is CSCC(C)N(C)c1ccc(C#N)c(Br)c1. The molecule has 1 atom stereocenters. The molecule has 0 fully saturated rings. The molecule has 1 unspecified atom stereocenters. The first-order valence-corrected chi connectivity index (χ1v) is 7.20. The molecule has 86 valence electrons. The smallest absolute Gasteiger partial charge is 0.100 e. The van der Waals surface area contributed by atoms with Crippen molar-refractivity contribution in [2.24, 2.45) is 0 Å². The Morgan fingerprint density at radius 2 is 2.25 bits per heavy atom. The molecule has 16 heavy (non-hydrogen) atoms. The number of hydrogen-bond donors (Lipinski definition) is 0. The largest absolute Gasteiger partial charge is 0.371 e. The summed E-state index contributed by atoms with van der Waals surface area (Å²) in [6, 6.07) is 8.46. The molecule has 1 rings (SSSR count). The molecule has 0 aliphatic heterocycles. The number of rotatable bonds is 4. The van der Waals surface area contributed by atoms with Crippen LogP contribution in [0.3, 0.4) is 0 Å². The van der Waals surface area contributed by atoms with Gasteiger partial charge in [0.15, 0.2) is 0 Å². The van der Waals surface area contributed by atoms with Gasteiger partial charge in [-0.05, 0) is 47.3 Å². The van der Waals surface area contributed by atoms with Gasteiger partial charge in [-0.3, -0.25) is 0 Å². The number of nitriles is 1. The number of nitrogens with zero attached hydrogens (tertiary/aromatic N) is 2. The lowest BCUT2D eigenvalue weighted by Crippen LogP contribution is -2.30. The van der Waals surface area contributed by atoms with E-state index in [-0.39, 0.29) is 0 Å². The van der Waals surface area contributed by atoms with Gasteiger partial charge in [0.25, 0.3) is 0 Å². The molecule has 2 nitrogen and oxygen atoms in total. The van der Waals surface area contributed by atoms with Gasteiger partial charge in [-0.15, -0.1) is 0 Å². The van der Waals surface area contributed by atoms with Gasteiger partial charge >= 0.3 is 0 Å². The molecule has 0 radical (unpaired) electrons. The summed E-state index contributed by atoms with van der Waals surface area (Å²) in [7, 11) is 2.08. The topological polar surface area (TPSA) is 27.0 Å². The first kappa shape index (κ1) is 13.4. The van der Waals surface area contributed by atoms with Crippen LogP contribution in [-0.2, 0) is 0 Å². The Bertz CT molecular complexity index is 400. The molecule has 4 heteroatoms. The maximum Gasteiger partial charge on any atom is 0.100 e. The molecule has 0 aromatic heterocycles. The second kappa shape index (κ2) is 6.17. The van der Waals surface area contributed by atoms with Crippen LogP contribution in [0.5, 0.6) is 0 Å². The van der Waals surface area contributed by atoms with Crippen LogP contribution in [0.4, 0.5) is 5.69 Å². The van der Waals surface area contributed by atoms with Crippen molar-refractivity contribution in [2.45, 2.75) is 13.0 Å². The molecule has 0 bridgehead atoms. The molecular formula is C12H15BrN2S. The van der Waals surface area contributed by atoms with E-state index in [1.807, 2.05) is 30.0 Å². The van der Waals surface area contributed by atoms with Crippen molar-refractivity contribution in [1.29, 1.82) is 5.26 Å². The molecule has 1 aromatic carbocycles. The average Bonchev–Trinajstić information content (AvgIpc) is 2.28. The molecule has 0 amide bonds. The van der Waals surface area contributed by atoms with E-state index in [0.29, 0.717) is 11.6 Å². The Morgan fingerprint density at radius 3 is 2.75 bits per heavy atom. The van der Waals surface area contributed by atoms with Gasteiger partial charge in [0.05, 0.1) is 5.56 Å². The normalized spacial score (nSPS) is 11.9. The predicted octanol–water partition coefficient (Wildman–Crippen LogP) is 3.51. The summed E-state index contributed by atoms with van der Waals surface area (Å²) in [5.74, 6) is 1.09. The fourth-order valence-electron chi connectivity index (χ4n) is 1.42. The molecule has 0 spiro atoms. The van der Waals surface area contributed by atoms with E-state index in [9.17, 15) is 0 Å². The lowest BCUT2D eigenvalue weighted by Gasteiger charge is -2.26. The molecule has 0 saturated heterocycles. The maximum atomic E-state index is 8.84. The van der Waals surface area contributed by atoms with Crippen LogP contribution < -0.4 is 4.90 Å². The predicted molar refractivity (Wildman–Crippen MR) is 75.1 cm³/mol. The quantitative estimate of drug-likeness (QED) is 0.851. The van der Waals surface area contributed by atoms with Crippen molar-refractivity contribution in [1.82, 2.24) is 0 Å². The molecule has 1 aromatic rings. The zero-order valence-electron chi connectivity index (χ0n) is 9.70. The first-order valence-electron chi connectivity index (χ1n) is 5.01. The molecular weight excluding hydrogens is 284 g/mol. The van der Waals surface area contributed by atoms with Gasteiger partial charge in [0.2, 0.25) is 0 Å². The highest BCUT2D eigenvalue weighted by atomic mass is 79.9. The number of thioether (sulfide) groups is 1. The summed E-state index contributed by atoms with van der Waals surface area (Å²) < 4.78 is 0.857. The Hall–Kier alpha value is -0.660. The van der Waals surface area contributed by atoms with E-state index in [1.54, 1.807) is 0 Å². The summed E-state index contributed by atoms with van der Waals surface area (Å²) in [6.07, 6.45) is 2.11. The Morgan fingerprint density at radius 1 is 1.56 bits per heavy atom. The van der Waals surface area contributed by atoms with Crippen LogP contribution in [0.1, 0.15) is 12.5 Å². The second-order valence-electron chi connectivity index (χ2n) is 3.69. The zero-order valence-corrected chi connectivity index (χ0v) is 12.1. The minimum Gasteiger partial charge on any atom is -0.371 e. The molecule has 0 aliphatic rings. The van der Waals surface area contributed by atoms with Crippen molar-refractivity contribution >= 4 is 33.4 Å². The van der Waals surface area contributed by atoms with Crippen LogP contribution in [0.15, 0.2) is 22.7 Å². The van der Waals surface area contributed by atoms with Crippen LogP contribution >= 0.6 is 27.7 Å². The third-order valence-electron chi connectivity index (χ3n) is 2.55. The highest BCUT2D eigenvalue weighted by Gasteiger charge is 2.10. The zero-order chi connectivity index (χ0) is 12.1. The highest BCUT2D eigenvalue weighted by Crippen LogP contribution is 2.24. The Balaban J connectivity index is 2.89. The van der Waals surface area contributed by atoms with Gasteiger partial charge in [-0.1, -0.05) is 0 Å². The van der Waals surface area contributed by atoms with Crippen LogP contribution in [0, 0.1) is 11.3 Å². The summed E-state index contributed by atoms with van der Waals surface area (Å²) in [4.78, 5) is 2.22. The standard InChI is InChI=1S/C12H15BrN2S/c1-9(8-16-3)15(2)11-5-4-10(7-14)12(13)6-11/h4-6,9H,8H2,1-3H3. The van der Waals surface area contributed by atoms with Gasteiger partial charge < -0.3 is 4.90 Å². The maximum absolute atomic E-state index is 8.84. The van der Waals surface area contributed by atoms with E-state index < -0.39 is 0 Å². The molecule has 0 aliphatic carbocycles. The van der Waals surface area contributed by atoms with Gasteiger partial charge in [-0.25, -0.2) is 0 Å². The van der Waals surface area contributed by atoms with E-state index in [4.69, 9.17) is 5.26 Å². The van der Waals surface area contributed by atoms with Gasteiger partial charge in [0, 0.05) is 29.0 Å². The van der Waals surface area contributed by atoms with Crippen LogP contribution in [0.2, 0.25) is 0 Å². The molecule has 0 N–H and O–H groups in total. The van der Waals surface area contributed by atoms with E-state index >= 15 is 0 Å². The van der Waals surface area contributed by atoms with Gasteiger partial charge in [-0.2, -0.15) is 17.0 Å². The molecule has 0 heterocycles. The van der Waals surface area contributed by atoms with Crippen molar-refractivity contribution in [2.75, 3.05) is 24.0 Å². The summed E-state index contributed by atoms with van der Waals surface area (Å²) in [6.45, 7) is 2.20. The number of halogens is 1. The fraction of sp³-hybridized carbons (Fsp3) is 0.417. The first-order chi connectivity index (χ1) is 7.60. The lowest BCUT2D eigenvalue weighted by atomic mass is 10.2. The number of benzene rings is 1. The minimum absolute atomic E-state index is 0.481. The Kier molecular flexibility index (Phi) is 5.17. The van der Waals surface area contributed by atoms with E-state index in [2.05, 4.69) is 47.1 Å². The second-order valence-corrected chi connectivity index (χ2v) is 5.46. The van der Waals surface area contributed by atoms with Crippen molar-refractivity contribution in [3.8, 4) is 6.07 Å². The lowest BCUT2D eigenvalue weighted by molar-refractivity contribution is 0.765. The van der Waals surface area contributed by atoms with Crippen molar-refractivity contribution in [3.05, 3.63) is 28.2 Å². The van der Waals surface area contributed by atoms with Crippen LogP contribution in [0.25, 0.3) is 0 Å². The summed E-state index contributed by atoms with van der Waals surface area (Å²) >= 11 is 5.25. The van der Waals surface area contributed by atoms with Crippen molar-refractivity contribution in [3.63, 3.8) is 0 Å². The van der Waals surface area contributed by atoms with E-state index in [1.165, 1.54) is 0 Å². The highest BCUT2D eigenvalue weighted by molar-refractivity contribution is 9.10. The fourth-order valence-corrected chi connectivity index (χ4v) is 2.58. The van der Waals surface area contributed by atoms with Crippen molar-refractivity contribution < 1.29 is 0 Å². The summed E-state index contributed by atoms with van der Waals surface area (Å²) in [5, 5.41) is 8.84. The average molecular weight is 299 g/mol. The van der Waals surface area contributed by atoms with Gasteiger partial charge in [0.1, 0.15) is 6.07 Å². The monoisotopic (exact) mass is 298 g/mol. The molecule has 0 saturated carbocycles. The third kappa shape index (κ3) is 3.16. The summed E-state index contributed by atoms with van der Waals surface area (Å²) in [5.41, 5.74) is 1.81. The Labute approximate surface area is 110 Å². The van der Waals surface area contributed by atoms with E-state index in [0.717, 1.165) is 15.9 Å². The number of anilines is 1. The minimum atomic E-state index is 0.481. The van der Waals surface area contributed by atoms with Crippen LogP contribution in [-0.4, -0.2) is 25.1 Å².